The molecule has 0 fully saturated rings. The van der Waals surface area contributed by atoms with Gasteiger partial charge in [-0.2, -0.15) is 0 Å². The summed E-state index contributed by atoms with van der Waals surface area (Å²) in [6.07, 6.45) is 0. The van der Waals surface area contributed by atoms with Crippen LogP contribution >= 0.6 is 0 Å². The summed E-state index contributed by atoms with van der Waals surface area (Å²) in [5.41, 5.74) is 0.000642. The highest BCUT2D eigenvalue weighted by atomic mass is 16.6. The average molecular weight is 346 g/mol. The van der Waals surface area contributed by atoms with Gasteiger partial charge in [-0.1, -0.05) is 0 Å². The summed E-state index contributed by atoms with van der Waals surface area (Å²) in [5, 5.41) is 10.6. The maximum atomic E-state index is 12.5. The van der Waals surface area contributed by atoms with Crippen LogP contribution in [0, 0.1) is 10.1 Å². The Hall–Kier alpha value is -2.83. The fraction of sp³-hybridized carbons (Fsp3) is 0.389. The van der Waals surface area contributed by atoms with Gasteiger partial charge in [-0.25, -0.2) is 0 Å². The number of carbonyl (C=O) groups is 1. The number of ether oxygens (including phenoxy) is 1. The van der Waals surface area contributed by atoms with Crippen molar-refractivity contribution >= 4 is 11.6 Å². The van der Waals surface area contributed by atoms with E-state index in [0.717, 1.165) is 0 Å². The standard InChI is InChI=1S/C18H22N2O5/c1-12(2)19(13(3)4)18(21)17-10-9-16(25-17)11-24-15-7-5-14(6-8-15)20(22)23/h5-10,12-13H,11H2,1-4H3. The average Bonchev–Trinajstić information content (AvgIpc) is 3.01. The van der Waals surface area contributed by atoms with Crippen molar-refractivity contribution in [1.82, 2.24) is 4.90 Å². The molecule has 0 aliphatic heterocycles. The molecule has 0 atom stereocenters. The number of rotatable bonds is 7. The molecule has 1 aromatic heterocycles. The zero-order valence-corrected chi connectivity index (χ0v) is 14.8. The predicted octanol–water partition coefficient (Wildman–Crippen LogP) is 4.03. The molecular formula is C18H22N2O5. The third-order valence-corrected chi connectivity index (χ3v) is 3.65. The predicted molar refractivity (Wildman–Crippen MR) is 92.6 cm³/mol. The smallest absolute Gasteiger partial charge is 0.290 e. The van der Waals surface area contributed by atoms with Gasteiger partial charge in [0.15, 0.2) is 5.76 Å². The summed E-state index contributed by atoms with van der Waals surface area (Å²) in [5.74, 6) is 1.10. The van der Waals surface area contributed by atoms with Crippen molar-refractivity contribution < 1.29 is 18.9 Å². The van der Waals surface area contributed by atoms with E-state index >= 15 is 0 Å². The summed E-state index contributed by atoms with van der Waals surface area (Å²) >= 11 is 0. The summed E-state index contributed by atoms with van der Waals surface area (Å²) in [4.78, 5) is 24.4. The number of nitro benzene ring substituents is 1. The Labute approximate surface area is 146 Å². The fourth-order valence-corrected chi connectivity index (χ4v) is 2.58. The van der Waals surface area contributed by atoms with Crippen LogP contribution in [0.15, 0.2) is 40.8 Å². The van der Waals surface area contributed by atoms with Crippen LogP contribution in [0.4, 0.5) is 5.69 Å². The minimum Gasteiger partial charge on any atom is -0.486 e. The van der Waals surface area contributed by atoms with Crippen molar-refractivity contribution in [3.63, 3.8) is 0 Å². The minimum atomic E-state index is -0.469. The molecule has 25 heavy (non-hydrogen) atoms. The van der Waals surface area contributed by atoms with Crippen LogP contribution in [-0.2, 0) is 6.61 Å². The Kier molecular flexibility index (Phi) is 5.80. The van der Waals surface area contributed by atoms with Crippen LogP contribution in [-0.4, -0.2) is 27.8 Å². The van der Waals surface area contributed by atoms with E-state index in [0.29, 0.717) is 11.5 Å². The first kappa shape index (κ1) is 18.5. The molecule has 134 valence electrons. The highest BCUT2D eigenvalue weighted by molar-refractivity contribution is 5.91. The molecule has 1 heterocycles. The van der Waals surface area contributed by atoms with Crippen molar-refractivity contribution in [2.45, 2.75) is 46.4 Å². The largest absolute Gasteiger partial charge is 0.486 e. The van der Waals surface area contributed by atoms with Crippen LogP contribution in [0.3, 0.4) is 0 Å². The van der Waals surface area contributed by atoms with Crippen molar-refractivity contribution in [2.75, 3.05) is 0 Å². The van der Waals surface area contributed by atoms with E-state index in [1.807, 2.05) is 27.7 Å². The molecule has 7 nitrogen and oxygen atoms in total. The van der Waals surface area contributed by atoms with Gasteiger partial charge in [-0.3, -0.25) is 14.9 Å². The number of furan rings is 1. The molecule has 0 radical (unpaired) electrons. The number of amides is 1. The molecule has 2 rings (SSSR count). The van der Waals surface area contributed by atoms with Gasteiger partial charge in [0, 0.05) is 24.2 Å². The Balaban J connectivity index is 2.01. The van der Waals surface area contributed by atoms with Crippen molar-refractivity contribution in [3.8, 4) is 5.75 Å². The maximum absolute atomic E-state index is 12.5. The Morgan fingerprint density at radius 3 is 2.24 bits per heavy atom. The summed E-state index contributed by atoms with van der Waals surface area (Å²) in [6.45, 7) is 7.96. The van der Waals surface area contributed by atoms with Gasteiger partial charge in [0.05, 0.1) is 4.92 Å². The van der Waals surface area contributed by atoms with Gasteiger partial charge >= 0.3 is 0 Å². The first-order chi connectivity index (χ1) is 11.8. The van der Waals surface area contributed by atoms with E-state index in [1.54, 1.807) is 17.0 Å². The number of nitro groups is 1. The molecule has 0 saturated carbocycles. The van der Waals surface area contributed by atoms with Crippen LogP contribution < -0.4 is 4.74 Å². The van der Waals surface area contributed by atoms with E-state index in [2.05, 4.69) is 0 Å². The van der Waals surface area contributed by atoms with Gasteiger partial charge in [0.25, 0.3) is 11.6 Å². The summed E-state index contributed by atoms with van der Waals surface area (Å²) < 4.78 is 11.1. The lowest BCUT2D eigenvalue weighted by Gasteiger charge is -2.29. The zero-order chi connectivity index (χ0) is 18.6. The third kappa shape index (κ3) is 4.59. The summed E-state index contributed by atoms with van der Waals surface area (Å²) in [6, 6.07) is 9.24. The minimum absolute atomic E-state index is 0.000642. The molecular weight excluding hydrogens is 324 g/mol. The van der Waals surface area contributed by atoms with Crippen molar-refractivity contribution in [2.24, 2.45) is 0 Å². The van der Waals surface area contributed by atoms with Gasteiger partial charge in [-0.15, -0.1) is 0 Å². The number of carbonyl (C=O) groups excluding carboxylic acids is 1. The molecule has 7 heteroatoms. The van der Waals surface area contributed by atoms with Crippen LogP contribution in [0.5, 0.6) is 5.75 Å². The Morgan fingerprint density at radius 1 is 1.12 bits per heavy atom. The molecule has 0 unspecified atom stereocenters. The number of benzene rings is 1. The molecule has 0 N–H and O–H groups in total. The third-order valence-electron chi connectivity index (χ3n) is 3.65. The second-order valence-corrected chi connectivity index (χ2v) is 6.21. The molecule has 0 bridgehead atoms. The van der Waals surface area contributed by atoms with Gasteiger partial charge in [-0.05, 0) is 52.0 Å². The zero-order valence-electron chi connectivity index (χ0n) is 14.8. The lowest BCUT2D eigenvalue weighted by molar-refractivity contribution is -0.384. The second kappa shape index (κ2) is 7.83. The van der Waals surface area contributed by atoms with E-state index in [-0.39, 0.29) is 36.0 Å². The molecule has 0 aliphatic rings. The van der Waals surface area contributed by atoms with Gasteiger partial charge in [0.2, 0.25) is 0 Å². The second-order valence-electron chi connectivity index (χ2n) is 6.21. The van der Waals surface area contributed by atoms with Gasteiger partial charge in [0.1, 0.15) is 18.1 Å². The fourth-order valence-electron chi connectivity index (χ4n) is 2.58. The van der Waals surface area contributed by atoms with E-state index < -0.39 is 4.92 Å². The van der Waals surface area contributed by atoms with E-state index in [4.69, 9.17) is 9.15 Å². The number of nitrogens with zero attached hydrogens (tertiary/aromatic N) is 2. The van der Waals surface area contributed by atoms with Crippen molar-refractivity contribution in [1.29, 1.82) is 0 Å². The highest BCUT2D eigenvalue weighted by Gasteiger charge is 2.24. The SMILES string of the molecule is CC(C)N(C(=O)c1ccc(COc2ccc([N+](=O)[O-])cc2)o1)C(C)C. The number of hydrogen-bond donors (Lipinski definition) is 0. The van der Waals surface area contributed by atoms with Crippen LogP contribution in [0.25, 0.3) is 0 Å². The topological polar surface area (TPSA) is 85.8 Å². The van der Waals surface area contributed by atoms with Crippen LogP contribution in [0.1, 0.15) is 44.0 Å². The van der Waals surface area contributed by atoms with Gasteiger partial charge < -0.3 is 14.1 Å². The molecule has 1 aromatic carbocycles. The Bertz CT molecular complexity index is 726. The first-order valence-corrected chi connectivity index (χ1v) is 8.08. The Morgan fingerprint density at radius 2 is 1.72 bits per heavy atom. The lowest BCUT2D eigenvalue weighted by Crippen LogP contribution is -2.41. The molecule has 2 aromatic rings. The number of non-ortho nitro benzene ring substituents is 1. The van der Waals surface area contributed by atoms with E-state index in [1.165, 1.54) is 24.3 Å². The van der Waals surface area contributed by atoms with Crippen LogP contribution in [0.2, 0.25) is 0 Å². The normalized spacial score (nSPS) is 11.0. The highest BCUT2D eigenvalue weighted by Crippen LogP contribution is 2.20. The van der Waals surface area contributed by atoms with Crippen molar-refractivity contribution in [3.05, 3.63) is 58.0 Å². The molecule has 0 spiro atoms. The quantitative estimate of drug-likeness (QED) is 0.558. The first-order valence-electron chi connectivity index (χ1n) is 8.08. The lowest BCUT2D eigenvalue weighted by atomic mass is 10.2. The molecule has 0 saturated heterocycles. The maximum Gasteiger partial charge on any atom is 0.290 e. The molecule has 0 aliphatic carbocycles. The monoisotopic (exact) mass is 346 g/mol. The number of hydrogen-bond acceptors (Lipinski definition) is 5. The van der Waals surface area contributed by atoms with E-state index in [9.17, 15) is 14.9 Å². The summed E-state index contributed by atoms with van der Waals surface area (Å²) in [7, 11) is 0. The molecule has 1 amide bonds.